The maximum Gasteiger partial charge on any atom is 0.407 e. The minimum Gasteiger partial charge on any atom is -0.487 e. The molecule has 15 heteroatoms. The molecule has 4 aromatic rings. The number of carbonyl (C=O) groups excluding carboxylic acids is 3. The van der Waals surface area contributed by atoms with Crippen molar-refractivity contribution in [2.45, 2.75) is 32.0 Å². The van der Waals surface area contributed by atoms with Crippen molar-refractivity contribution in [2.75, 3.05) is 12.4 Å². The fourth-order valence-electron chi connectivity index (χ4n) is 4.04. The number of fused-ring (bicyclic) bond motifs is 1. The molecule has 0 saturated carbocycles. The Balaban J connectivity index is 1.51. The number of hydrogen-bond acceptors (Lipinski definition) is 8. The highest BCUT2D eigenvalue weighted by atomic mass is 32.1. The molecule has 0 fully saturated rings. The van der Waals surface area contributed by atoms with Crippen molar-refractivity contribution < 1.29 is 37.0 Å². The van der Waals surface area contributed by atoms with Crippen LogP contribution in [0.1, 0.15) is 23.4 Å². The molecule has 230 valence electrons. The molecule has 1 atom stereocenters. The molecule has 0 aliphatic carbocycles. The zero-order valence-corrected chi connectivity index (χ0v) is 24.0. The minimum atomic E-state index is -1.10. The van der Waals surface area contributed by atoms with E-state index < -0.39 is 47.0 Å². The first-order valence-electron chi connectivity index (χ1n) is 13.0. The van der Waals surface area contributed by atoms with Crippen molar-refractivity contribution in [1.82, 2.24) is 14.9 Å². The first-order chi connectivity index (χ1) is 21.0. The number of anilines is 1. The fourth-order valence-corrected chi connectivity index (χ4v) is 5.05. The molecule has 0 spiro atoms. The molecule has 1 unspecified atom stereocenters. The molecule has 2 aromatic heterocycles. The van der Waals surface area contributed by atoms with Crippen LogP contribution in [0, 0.1) is 17.5 Å². The van der Waals surface area contributed by atoms with Crippen LogP contribution in [0.2, 0.25) is 0 Å². The summed E-state index contributed by atoms with van der Waals surface area (Å²) in [4.78, 5) is 53.2. The molecule has 0 radical (unpaired) electrons. The van der Waals surface area contributed by atoms with Crippen LogP contribution in [0.15, 0.2) is 65.6 Å². The quantitative estimate of drug-likeness (QED) is 0.200. The van der Waals surface area contributed by atoms with Crippen molar-refractivity contribution in [2.24, 2.45) is 5.73 Å². The summed E-state index contributed by atoms with van der Waals surface area (Å²) in [5.41, 5.74) is 4.71. The number of primary amides is 1. The number of benzene rings is 2. The number of nitrogens with one attached hydrogen (secondary N) is 2. The third-order valence-electron chi connectivity index (χ3n) is 6.15. The number of aromatic nitrogens is 2. The largest absolute Gasteiger partial charge is 0.487 e. The van der Waals surface area contributed by atoms with Gasteiger partial charge in [-0.3, -0.25) is 14.4 Å². The molecule has 11 nitrogen and oxygen atoms in total. The number of ether oxygens (including phenoxy) is 2. The summed E-state index contributed by atoms with van der Waals surface area (Å²) in [6.07, 6.45) is 3.46. The van der Waals surface area contributed by atoms with E-state index in [0.29, 0.717) is 9.71 Å². The van der Waals surface area contributed by atoms with E-state index in [0.717, 1.165) is 42.7 Å². The van der Waals surface area contributed by atoms with Crippen LogP contribution in [0.4, 0.5) is 23.7 Å². The van der Waals surface area contributed by atoms with Gasteiger partial charge in [-0.2, -0.15) is 0 Å². The van der Waals surface area contributed by atoms with Crippen LogP contribution in [-0.2, 0) is 27.5 Å². The van der Waals surface area contributed by atoms with Crippen LogP contribution in [0.25, 0.3) is 10.2 Å². The lowest BCUT2D eigenvalue weighted by Crippen LogP contribution is -2.44. The Morgan fingerprint density at radius 1 is 1.14 bits per heavy atom. The van der Waals surface area contributed by atoms with E-state index in [2.05, 4.69) is 20.4 Å². The van der Waals surface area contributed by atoms with Gasteiger partial charge in [-0.25, -0.2) is 22.9 Å². The van der Waals surface area contributed by atoms with Crippen LogP contribution >= 0.6 is 11.3 Å². The Hall–Kier alpha value is -5.18. The van der Waals surface area contributed by atoms with E-state index >= 15 is 0 Å². The van der Waals surface area contributed by atoms with Gasteiger partial charge in [0.25, 0.3) is 5.56 Å². The number of allylic oxidation sites excluding steroid dienone is 1. The van der Waals surface area contributed by atoms with E-state index in [4.69, 9.17) is 10.5 Å². The zero-order valence-electron chi connectivity index (χ0n) is 23.1. The molecule has 4 rings (SSSR count). The Morgan fingerprint density at radius 2 is 1.93 bits per heavy atom. The summed E-state index contributed by atoms with van der Waals surface area (Å²) < 4.78 is 53.5. The van der Waals surface area contributed by atoms with Gasteiger partial charge in [0.15, 0.2) is 0 Å². The highest BCUT2D eigenvalue weighted by Crippen LogP contribution is 2.33. The molecule has 3 amide bonds. The summed E-state index contributed by atoms with van der Waals surface area (Å²) in [6.45, 7) is -0.330. The Morgan fingerprint density at radius 3 is 2.66 bits per heavy atom. The van der Waals surface area contributed by atoms with Gasteiger partial charge in [0.2, 0.25) is 11.8 Å². The van der Waals surface area contributed by atoms with Gasteiger partial charge >= 0.3 is 6.09 Å². The standard InChI is InChI=1S/C29H26F3N5O6S/c1-42-29(41)36-20(5-2-3-7-24(33)38)27(39)35-21-6-4-10-37(28(21)40)14-25-34-22-12-18(31)13-23(26(22)44-25)43-15-16-8-9-17(30)11-19(16)32/h3-4,6-13,20H,2,5,14-15H2,1H3,(H2,33,38)(H,35,39)(H,36,41). The summed E-state index contributed by atoms with van der Waals surface area (Å²) >= 11 is 1.12. The van der Waals surface area contributed by atoms with Crippen LogP contribution in [-0.4, -0.2) is 40.6 Å². The number of alkyl carbamates (subject to hydrolysis) is 1. The molecule has 2 heterocycles. The van der Waals surface area contributed by atoms with E-state index in [-0.39, 0.29) is 48.5 Å². The Kier molecular flexibility index (Phi) is 10.3. The normalized spacial score (nSPS) is 11.8. The number of carbonyl (C=O) groups is 3. The first-order valence-corrected chi connectivity index (χ1v) is 13.8. The average molecular weight is 630 g/mol. The van der Waals surface area contributed by atoms with Crippen LogP contribution < -0.4 is 26.7 Å². The second-order valence-corrected chi connectivity index (χ2v) is 10.4. The lowest BCUT2D eigenvalue weighted by molar-refractivity contribution is -0.118. The molecule has 44 heavy (non-hydrogen) atoms. The average Bonchev–Trinajstić information content (AvgIpc) is 3.38. The van der Waals surface area contributed by atoms with Crippen LogP contribution in [0.5, 0.6) is 5.75 Å². The van der Waals surface area contributed by atoms with Crippen LogP contribution in [0.3, 0.4) is 0 Å². The van der Waals surface area contributed by atoms with Gasteiger partial charge in [-0.15, -0.1) is 11.3 Å². The number of nitrogens with zero attached hydrogens (tertiary/aromatic N) is 2. The number of amides is 3. The SMILES string of the molecule is COC(=O)NC(CCC=CC(N)=O)C(=O)Nc1cccn(Cc2nc3cc(F)cc(OCc4ccc(F)cc4F)c3s2)c1=O. The number of nitrogens with two attached hydrogens (primary N) is 1. The third kappa shape index (κ3) is 8.22. The van der Waals surface area contributed by atoms with E-state index in [1.807, 2.05) is 0 Å². The highest BCUT2D eigenvalue weighted by molar-refractivity contribution is 7.19. The first kappa shape index (κ1) is 31.7. The lowest BCUT2D eigenvalue weighted by Gasteiger charge is -2.17. The van der Waals surface area contributed by atoms with Gasteiger partial charge < -0.3 is 30.4 Å². The lowest BCUT2D eigenvalue weighted by atomic mass is 10.1. The summed E-state index contributed by atoms with van der Waals surface area (Å²) in [5, 5.41) is 5.28. The summed E-state index contributed by atoms with van der Waals surface area (Å²) in [7, 11) is 1.13. The molecule has 4 N–H and O–H groups in total. The molecular formula is C29H26F3N5O6S. The summed E-state index contributed by atoms with van der Waals surface area (Å²) in [6, 6.07) is 7.15. The van der Waals surface area contributed by atoms with E-state index in [1.165, 1.54) is 41.1 Å². The number of pyridine rings is 1. The van der Waals surface area contributed by atoms with Gasteiger partial charge in [0.05, 0.1) is 23.9 Å². The Bertz CT molecular complexity index is 1790. The number of methoxy groups -OCH3 is 1. The fraction of sp³-hybridized carbons (Fsp3) is 0.207. The van der Waals surface area contributed by atoms with E-state index in [1.54, 1.807) is 0 Å². The molecule has 0 aliphatic rings. The van der Waals surface area contributed by atoms with Crippen molar-refractivity contribution in [3.8, 4) is 5.75 Å². The maximum atomic E-state index is 14.3. The number of thiazole rings is 1. The zero-order chi connectivity index (χ0) is 31.8. The number of rotatable bonds is 12. The second kappa shape index (κ2) is 14.3. The van der Waals surface area contributed by atoms with Crippen molar-refractivity contribution in [1.29, 1.82) is 0 Å². The monoisotopic (exact) mass is 629 g/mol. The van der Waals surface area contributed by atoms with Crippen molar-refractivity contribution in [3.63, 3.8) is 0 Å². The molecule has 0 aliphatic heterocycles. The maximum absolute atomic E-state index is 14.3. The van der Waals surface area contributed by atoms with E-state index in [9.17, 15) is 32.3 Å². The second-order valence-electron chi connectivity index (χ2n) is 9.30. The highest BCUT2D eigenvalue weighted by Gasteiger charge is 2.22. The molecular weight excluding hydrogens is 603 g/mol. The summed E-state index contributed by atoms with van der Waals surface area (Å²) in [5.74, 6) is -3.47. The van der Waals surface area contributed by atoms with Gasteiger partial charge in [-0.1, -0.05) is 6.08 Å². The predicted molar refractivity (Wildman–Crippen MR) is 156 cm³/mol. The number of halogens is 3. The van der Waals surface area contributed by atoms with Gasteiger partial charge in [0.1, 0.15) is 46.5 Å². The molecule has 0 saturated heterocycles. The smallest absolute Gasteiger partial charge is 0.407 e. The van der Waals surface area contributed by atoms with Crippen molar-refractivity contribution >= 4 is 45.1 Å². The topological polar surface area (TPSA) is 155 Å². The molecule has 0 bridgehead atoms. The molecule has 2 aromatic carbocycles. The Labute approximate surface area is 252 Å². The van der Waals surface area contributed by atoms with Gasteiger partial charge in [-0.05, 0) is 43.2 Å². The minimum absolute atomic E-state index is 0.0444. The van der Waals surface area contributed by atoms with Gasteiger partial charge in [0, 0.05) is 30.0 Å². The third-order valence-corrected chi connectivity index (χ3v) is 7.22. The predicted octanol–water partition coefficient (Wildman–Crippen LogP) is 3.99. The number of hydrogen-bond donors (Lipinski definition) is 3. The van der Waals surface area contributed by atoms with Crippen molar-refractivity contribution in [3.05, 3.63) is 99.2 Å².